The van der Waals surface area contributed by atoms with E-state index in [2.05, 4.69) is 14.8 Å². The van der Waals surface area contributed by atoms with E-state index in [0.29, 0.717) is 12.1 Å². The molecule has 0 radical (unpaired) electrons. The molecule has 2 N–H and O–H groups in total. The topological polar surface area (TPSA) is 102 Å². The zero-order chi connectivity index (χ0) is 19.7. The second-order valence-electron chi connectivity index (χ2n) is 6.87. The zero-order valence-electron chi connectivity index (χ0n) is 15.7. The quantitative estimate of drug-likeness (QED) is 0.625. The van der Waals surface area contributed by atoms with E-state index < -0.39 is 22.5 Å². The Hall–Kier alpha value is -1.93. The Morgan fingerprint density at radius 1 is 1.11 bits per heavy atom. The van der Waals surface area contributed by atoms with Crippen LogP contribution in [0.3, 0.4) is 0 Å². The summed E-state index contributed by atoms with van der Waals surface area (Å²) in [5, 5.41) is 2.79. The molecule has 8 heteroatoms. The Morgan fingerprint density at radius 3 is 2.41 bits per heavy atom. The lowest BCUT2D eigenvalue weighted by Gasteiger charge is -2.21. The highest BCUT2D eigenvalue weighted by Gasteiger charge is 2.16. The number of ether oxygens (including phenoxy) is 1. The molecule has 0 aromatic heterocycles. The minimum Gasteiger partial charge on any atom is -0.468 e. The summed E-state index contributed by atoms with van der Waals surface area (Å²) >= 11 is 0. The van der Waals surface area contributed by atoms with Gasteiger partial charge in [-0.2, -0.15) is 4.72 Å². The maximum absolute atomic E-state index is 12.1. The van der Waals surface area contributed by atoms with Crippen LogP contribution in [0.5, 0.6) is 0 Å². The number of carbonyl (C=O) groups excluding carboxylic acids is 2. The molecule has 1 aliphatic rings. The maximum atomic E-state index is 12.1. The molecule has 0 unspecified atom stereocenters. The molecule has 0 atom stereocenters. The van der Waals surface area contributed by atoms with Crippen LogP contribution in [0.2, 0.25) is 0 Å². The number of methoxy groups -OCH3 is 1. The second kappa shape index (κ2) is 10.4. The molecule has 1 amide bonds. The van der Waals surface area contributed by atoms with Crippen LogP contribution in [0, 0.1) is 5.92 Å². The Balaban J connectivity index is 1.78. The molecule has 0 heterocycles. The Bertz CT molecular complexity index is 725. The zero-order valence-corrected chi connectivity index (χ0v) is 16.5. The van der Waals surface area contributed by atoms with E-state index in [4.69, 9.17) is 0 Å². The highest BCUT2D eigenvalue weighted by Crippen LogP contribution is 2.27. The van der Waals surface area contributed by atoms with Crippen molar-refractivity contribution in [3.63, 3.8) is 0 Å². The maximum Gasteiger partial charge on any atom is 0.320 e. The SMILES string of the molecule is COC(=O)CNS(=O)(=O)c1ccc(NC(=O)CCCC2CCCCC2)cc1. The van der Waals surface area contributed by atoms with Gasteiger partial charge in [-0.15, -0.1) is 0 Å². The van der Waals surface area contributed by atoms with Crippen molar-refractivity contribution >= 4 is 27.6 Å². The van der Waals surface area contributed by atoms with E-state index in [1.807, 2.05) is 0 Å². The highest BCUT2D eigenvalue weighted by molar-refractivity contribution is 7.89. The molecular weight excluding hydrogens is 368 g/mol. The molecule has 1 fully saturated rings. The molecule has 2 rings (SSSR count). The third-order valence-corrected chi connectivity index (χ3v) is 6.24. The van der Waals surface area contributed by atoms with Gasteiger partial charge in [-0.05, 0) is 43.0 Å². The summed E-state index contributed by atoms with van der Waals surface area (Å²) in [7, 11) is -2.62. The van der Waals surface area contributed by atoms with Crippen molar-refractivity contribution in [2.24, 2.45) is 5.92 Å². The average molecular weight is 397 g/mol. The molecule has 1 aliphatic carbocycles. The number of hydrogen-bond donors (Lipinski definition) is 2. The number of carbonyl (C=O) groups is 2. The van der Waals surface area contributed by atoms with Gasteiger partial charge in [-0.3, -0.25) is 9.59 Å². The number of anilines is 1. The van der Waals surface area contributed by atoms with Gasteiger partial charge < -0.3 is 10.1 Å². The molecule has 7 nitrogen and oxygen atoms in total. The van der Waals surface area contributed by atoms with Gasteiger partial charge in [-0.25, -0.2) is 8.42 Å². The van der Waals surface area contributed by atoms with Gasteiger partial charge in [0.1, 0.15) is 6.54 Å². The number of benzene rings is 1. The van der Waals surface area contributed by atoms with E-state index in [0.717, 1.165) is 18.8 Å². The van der Waals surface area contributed by atoms with E-state index in [9.17, 15) is 18.0 Å². The van der Waals surface area contributed by atoms with Crippen molar-refractivity contribution in [3.05, 3.63) is 24.3 Å². The van der Waals surface area contributed by atoms with Gasteiger partial charge in [0.15, 0.2) is 0 Å². The fourth-order valence-electron chi connectivity index (χ4n) is 3.28. The summed E-state index contributed by atoms with van der Waals surface area (Å²) in [6.07, 6.45) is 8.94. The van der Waals surface area contributed by atoms with Crippen molar-refractivity contribution in [2.45, 2.75) is 56.3 Å². The Labute approximate surface area is 160 Å². The molecule has 27 heavy (non-hydrogen) atoms. The van der Waals surface area contributed by atoms with Gasteiger partial charge in [0.25, 0.3) is 0 Å². The van der Waals surface area contributed by atoms with E-state index in [-0.39, 0.29) is 10.8 Å². The third-order valence-electron chi connectivity index (χ3n) is 4.82. The standard InChI is InChI=1S/C19H28N2O5S/c1-26-19(23)14-20-27(24,25)17-12-10-16(11-13-17)21-18(22)9-5-8-15-6-3-2-4-7-15/h10-13,15,20H,2-9,14H2,1H3,(H,21,22). The van der Waals surface area contributed by atoms with Crippen LogP contribution < -0.4 is 10.0 Å². The molecule has 0 aliphatic heterocycles. The minimum atomic E-state index is -3.80. The number of rotatable bonds is 9. The lowest BCUT2D eigenvalue weighted by molar-refractivity contribution is -0.139. The van der Waals surface area contributed by atoms with E-state index >= 15 is 0 Å². The first kappa shape index (κ1) is 21.4. The van der Waals surface area contributed by atoms with Crippen LogP contribution in [0.1, 0.15) is 51.4 Å². The highest BCUT2D eigenvalue weighted by atomic mass is 32.2. The van der Waals surface area contributed by atoms with E-state index in [1.54, 1.807) is 0 Å². The molecule has 0 spiro atoms. The predicted molar refractivity (Wildman–Crippen MR) is 103 cm³/mol. The van der Waals surface area contributed by atoms with Gasteiger partial charge in [0.05, 0.1) is 12.0 Å². The Morgan fingerprint density at radius 2 is 1.78 bits per heavy atom. The minimum absolute atomic E-state index is 0.0155. The van der Waals surface area contributed by atoms with Crippen molar-refractivity contribution in [1.82, 2.24) is 4.72 Å². The average Bonchev–Trinajstić information content (AvgIpc) is 2.67. The summed E-state index contributed by atoms with van der Waals surface area (Å²) < 4.78 is 30.7. The van der Waals surface area contributed by atoms with Crippen LogP contribution in [-0.4, -0.2) is 33.9 Å². The van der Waals surface area contributed by atoms with Crippen LogP contribution in [0.15, 0.2) is 29.2 Å². The predicted octanol–water partition coefficient (Wildman–Crippen LogP) is 2.83. The summed E-state index contributed by atoms with van der Waals surface area (Å²) in [6, 6.07) is 5.84. The van der Waals surface area contributed by atoms with Crippen LogP contribution in [0.25, 0.3) is 0 Å². The summed E-state index contributed by atoms with van der Waals surface area (Å²) in [6.45, 7) is -0.432. The number of amides is 1. The van der Waals surface area contributed by atoms with Gasteiger partial charge >= 0.3 is 5.97 Å². The second-order valence-corrected chi connectivity index (χ2v) is 8.64. The number of nitrogens with one attached hydrogen (secondary N) is 2. The normalized spacial score (nSPS) is 15.3. The molecule has 0 saturated heterocycles. The Kier molecular flexibility index (Phi) is 8.24. The first-order valence-electron chi connectivity index (χ1n) is 9.37. The van der Waals surface area contributed by atoms with Crippen molar-refractivity contribution in [2.75, 3.05) is 19.0 Å². The van der Waals surface area contributed by atoms with Crippen molar-refractivity contribution in [1.29, 1.82) is 0 Å². The van der Waals surface area contributed by atoms with E-state index in [1.165, 1.54) is 63.5 Å². The smallest absolute Gasteiger partial charge is 0.320 e. The van der Waals surface area contributed by atoms with Crippen molar-refractivity contribution < 1.29 is 22.7 Å². The summed E-state index contributed by atoms with van der Waals surface area (Å²) in [4.78, 5) is 23.1. The van der Waals surface area contributed by atoms with Crippen LogP contribution >= 0.6 is 0 Å². The summed E-state index contributed by atoms with van der Waals surface area (Å²) in [5.74, 6) is 0.0226. The number of hydrogen-bond acceptors (Lipinski definition) is 5. The van der Waals surface area contributed by atoms with Gasteiger partial charge in [-0.1, -0.05) is 32.1 Å². The fraction of sp³-hybridized carbons (Fsp3) is 0.579. The molecular formula is C19H28N2O5S. The van der Waals surface area contributed by atoms with Gasteiger partial charge in [0, 0.05) is 12.1 Å². The third kappa shape index (κ3) is 7.30. The fourth-order valence-corrected chi connectivity index (χ4v) is 4.25. The van der Waals surface area contributed by atoms with Crippen molar-refractivity contribution in [3.8, 4) is 0 Å². The molecule has 0 bridgehead atoms. The first-order chi connectivity index (χ1) is 12.9. The number of esters is 1. The molecule has 150 valence electrons. The van der Waals surface area contributed by atoms with Crippen LogP contribution in [-0.2, 0) is 24.3 Å². The molecule has 1 saturated carbocycles. The first-order valence-corrected chi connectivity index (χ1v) is 10.9. The van der Waals surface area contributed by atoms with Crippen LogP contribution in [0.4, 0.5) is 5.69 Å². The number of sulfonamides is 1. The van der Waals surface area contributed by atoms with Gasteiger partial charge in [0.2, 0.25) is 15.9 Å². The summed E-state index contributed by atoms with van der Waals surface area (Å²) in [5.41, 5.74) is 0.546. The lowest BCUT2D eigenvalue weighted by Crippen LogP contribution is -2.30. The largest absolute Gasteiger partial charge is 0.468 e. The molecule has 1 aromatic carbocycles. The monoisotopic (exact) mass is 396 g/mol. The lowest BCUT2D eigenvalue weighted by atomic mass is 9.86. The molecule has 1 aromatic rings.